The van der Waals surface area contributed by atoms with Crippen LogP contribution in [0.4, 0.5) is 5.13 Å². The minimum Gasteiger partial charge on any atom is -0.375 e. The number of sulfone groups is 1. The Hall–Kier alpha value is -1.14. The Kier molecular flexibility index (Phi) is 3.09. The maximum absolute atomic E-state index is 12.0. The Labute approximate surface area is 104 Å². The molecule has 0 aliphatic rings. The van der Waals surface area contributed by atoms with Crippen LogP contribution in [0.1, 0.15) is 13.8 Å². The van der Waals surface area contributed by atoms with E-state index in [1.807, 2.05) is 13.8 Å². The van der Waals surface area contributed by atoms with Gasteiger partial charge in [0.25, 0.3) is 0 Å². The molecule has 1 aromatic carbocycles. The summed E-state index contributed by atoms with van der Waals surface area (Å²) in [4.78, 5) is 4.45. The first kappa shape index (κ1) is 12.3. The average Bonchev–Trinajstić information content (AvgIpc) is 2.54. The zero-order valence-electron chi connectivity index (χ0n) is 9.67. The van der Waals surface area contributed by atoms with Gasteiger partial charge in [0.2, 0.25) is 0 Å². The first-order valence-corrected chi connectivity index (χ1v) is 7.74. The highest BCUT2D eigenvalue weighted by Crippen LogP contribution is 2.27. The fourth-order valence-corrected chi connectivity index (χ4v) is 4.14. The number of nitrogens with zero attached hydrogens (tertiary/aromatic N) is 1. The Morgan fingerprint density at radius 3 is 2.76 bits per heavy atom. The van der Waals surface area contributed by atoms with Crippen LogP contribution in [0.15, 0.2) is 23.1 Å². The zero-order chi connectivity index (χ0) is 12.6. The number of fused-ring (bicyclic) bond motifs is 1. The first-order chi connectivity index (χ1) is 7.88. The van der Waals surface area contributed by atoms with E-state index in [-0.39, 0.29) is 11.7 Å². The summed E-state index contributed by atoms with van der Waals surface area (Å²) < 4.78 is 24.9. The number of hydrogen-bond acceptors (Lipinski definition) is 5. The molecule has 0 amide bonds. The molecule has 0 unspecified atom stereocenters. The standard InChI is InChI=1S/C11H14N2O2S2/c1-7(2)6-17(14,15)8-3-4-9-10(5-8)16-11(12)13-9/h3-5,7H,6H2,1-2H3,(H2,12,13). The normalized spacial score (nSPS) is 12.4. The number of nitrogens with two attached hydrogens (primary N) is 1. The largest absolute Gasteiger partial charge is 0.375 e. The van der Waals surface area contributed by atoms with Crippen molar-refractivity contribution in [1.29, 1.82) is 0 Å². The number of benzene rings is 1. The van der Waals surface area contributed by atoms with Crippen molar-refractivity contribution in [3.8, 4) is 0 Å². The van der Waals surface area contributed by atoms with Crippen LogP contribution in [0.25, 0.3) is 10.2 Å². The van der Waals surface area contributed by atoms with Crippen molar-refractivity contribution in [3.63, 3.8) is 0 Å². The van der Waals surface area contributed by atoms with Gasteiger partial charge in [0.05, 0.1) is 20.9 Å². The first-order valence-electron chi connectivity index (χ1n) is 5.27. The summed E-state index contributed by atoms with van der Waals surface area (Å²) in [5, 5.41) is 0.457. The highest BCUT2D eigenvalue weighted by atomic mass is 32.2. The lowest BCUT2D eigenvalue weighted by Crippen LogP contribution is -2.11. The molecule has 0 aliphatic carbocycles. The molecular formula is C11H14N2O2S2. The molecule has 1 heterocycles. The number of nitrogen functional groups attached to an aromatic ring is 1. The zero-order valence-corrected chi connectivity index (χ0v) is 11.3. The molecule has 4 nitrogen and oxygen atoms in total. The van der Waals surface area contributed by atoms with Crippen molar-refractivity contribution >= 4 is 36.5 Å². The molecule has 2 rings (SSSR count). The Balaban J connectivity index is 2.49. The molecule has 2 aromatic rings. The molecule has 0 spiro atoms. The fourth-order valence-electron chi connectivity index (χ4n) is 1.65. The van der Waals surface area contributed by atoms with Gasteiger partial charge in [-0.25, -0.2) is 13.4 Å². The smallest absolute Gasteiger partial charge is 0.181 e. The summed E-state index contributed by atoms with van der Waals surface area (Å²) in [5.41, 5.74) is 6.33. The minimum absolute atomic E-state index is 0.113. The summed E-state index contributed by atoms with van der Waals surface area (Å²) in [6.07, 6.45) is 0. The Bertz CT molecular complexity index is 645. The van der Waals surface area contributed by atoms with Crippen LogP contribution in [0.3, 0.4) is 0 Å². The third-order valence-electron chi connectivity index (χ3n) is 2.29. The molecule has 2 N–H and O–H groups in total. The molecule has 17 heavy (non-hydrogen) atoms. The van der Waals surface area contributed by atoms with Gasteiger partial charge in [-0.2, -0.15) is 0 Å². The molecule has 6 heteroatoms. The van der Waals surface area contributed by atoms with Crippen molar-refractivity contribution in [1.82, 2.24) is 4.98 Å². The van der Waals surface area contributed by atoms with Gasteiger partial charge in [0, 0.05) is 0 Å². The van der Waals surface area contributed by atoms with E-state index in [0.29, 0.717) is 10.0 Å². The summed E-state index contributed by atoms with van der Waals surface area (Å²) in [6, 6.07) is 4.95. The van der Waals surface area contributed by atoms with Gasteiger partial charge < -0.3 is 5.73 Å². The highest BCUT2D eigenvalue weighted by Gasteiger charge is 2.17. The van der Waals surface area contributed by atoms with Crippen molar-refractivity contribution in [3.05, 3.63) is 18.2 Å². The van der Waals surface area contributed by atoms with E-state index < -0.39 is 9.84 Å². The number of aromatic nitrogens is 1. The van der Waals surface area contributed by atoms with Gasteiger partial charge in [0.15, 0.2) is 15.0 Å². The van der Waals surface area contributed by atoms with Crippen LogP contribution >= 0.6 is 11.3 Å². The minimum atomic E-state index is -3.20. The monoisotopic (exact) mass is 270 g/mol. The average molecular weight is 270 g/mol. The van der Waals surface area contributed by atoms with E-state index in [0.717, 1.165) is 10.2 Å². The Morgan fingerprint density at radius 2 is 2.12 bits per heavy atom. The lowest BCUT2D eigenvalue weighted by molar-refractivity contribution is 0.582. The van der Waals surface area contributed by atoms with Crippen LogP contribution in [-0.2, 0) is 9.84 Å². The second-order valence-corrected chi connectivity index (χ2v) is 7.45. The molecule has 0 saturated carbocycles. The van der Waals surface area contributed by atoms with Crippen LogP contribution < -0.4 is 5.73 Å². The van der Waals surface area contributed by atoms with Crippen LogP contribution in [0, 0.1) is 5.92 Å². The van der Waals surface area contributed by atoms with Crippen LogP contribution in [0.2, 0.25) is 0 Å². The van der Waals surface area contributed by atoms with Crippen molar-refractivity contribution in [2.24, 2.45) is 5.92 Å². The Morgan fingerprint density at radius 1 is 1.41 bits per heavy atom. The van der Waals surface area contributed by atoms with Crippen molar-refractivity contribution < 1.29 is 8.42 Å². The quantitative estimate of drug-likeness (QED) is 0.928. The van der Waals surface area contributed by atoms with E-state index in [9.17, 15) is 8.42 Å². The van der Waals surface area contributed by atoms with Gasteiger partial charge in [0.1, 0.15) is 0 Å². The number of hydrogen-bond donors (Lipinski definition) is 1. The van der Waals surface area contributed by atoms with Crippen molar-refractivity contribution in [2.45, 2.75) is 18.7 Å². The van der Waals surface area contributed by atoms with Crippen LogP contribution in [-0.4, -0.2) is 19.2 Å². The molecule has 0 radical (unpaired) electrons. The topological polar surface area (TPSA) is 73.0 Å². The van der Waals surface area contributed by atoms with E-state index in [1.54, 1.807) is 18.2 Å². The molecular weight excluding hydrogens is 256 g/mol. The molecule has 0 atom stereocenters. The molecule has 0 aliphatic heterocycles. The predicted octanol–water partition coefficient (Wildman–Crippen LogP) is 2.31. The summed E-state index contributed by atoms with van der Waals surface area (Å²) in [7, 11) is -3.20. The van der Waals surface area contributed by atoms with Gasteiger partial charge in [-0.3, -0.25) is 0 Å². The molecule has 0 bridgehead atoms. The lowest BCUT2D eigenvalue weighted by Gasteiger charge is -2.06. The van der Waals surface area contributed by atoms with Crippen molar-refractivity contribution in [2.75, 3.05) is 11.5 Å². The van der Waals surface area contributed by atoms with E-state index in [1.165, 1.54) is 11.3 Å². The SMILES string of the molecule is CC(C)CS(=O)(=O)c1ccc2nc(N)sc2c1. The summed E-state index contributed by atoms with van der Waals surface area (Å²) in [6.45, 7) is 3.78. The van der Waals surface area contributed by atoms with E-state index in [2.05, 4.69) is 4.98 Å². The summed E-state index contributed by atoms with van der Waals surface area (Å²) >= 11 is 1.30. The molecule has 0 fully saturated rings. The maximum Gasteiger partial charge on any atom is 0.181 e. The maximum atomic E-state index is 12.0. The fraction of sp³-hybridized carbons (Fsp3) is 0.364. The van der Waals surface area contributed by atoms with E-state index >= 15 is 0 Å². The number of rotatable bonds is 3. The molecule has 92 valence electrons. The highest BCUT2D eigenvalue weighted by molar-refractivity contribution is 7.91. The van der Waals surface area contributed by atoms with E-state index in [4.69, 9.17) is 5.73 Å². The molecule has 0 saturated heterocycles. The second kappa shape index (κ2) is 4.27. The predicted molar refractivity (Wildman–Crippen MR) is 70.9 cm³/mol. The van der Waals surface area contributed by atoms with Crippen LogP contribution in [0.5, 0.6) is 0 Å². The van der Waals surface area contributed by atoms with Gasteiger partial charge >= 0.3 is 0 Å². The summed E-state index contributed by atoms with van der Waals surface area (Å²) in [5.74, 6) is 0.273. The van der Waals surface area contributed by atoms with Gasteiger partial charge in [-0.05, 0) is 24.1 Å². The number of thiazole rings is 1. The van der Waals surface area contributed by atoms with Gasteiger partial charge in [-0.1, -0.05) is 25.2 Å². The number of anilines is 1. The van der Waals surface area contributed by atoms with Gasteiger partial charge in [-0.15, -0.1) is 0 Å². The second-order valence-electron chi connectivity index (χ2n) is 4.36. The molecule has 1 aromatic heterocycles. The lowest BCUT2D eigenvalue weighted by atomic mass is 10.3. The third kappa shape index (κ3) is 2.58. The third-order valence-corrected chi connectivity index (χ3v) is 5.21.